The molecule has 0 radical (unpaired) electrons. The number of halogens is 3. The van der Waals surface area contributed by atoms with Crippen molar-refractivity contribution in [3.63, 3.8) is 0 Å². The number of hydrogen-bond acceptors (Lipinski definition) is 4. The normalized spacial score (nSPS) is 11.7. The molecule has 100 valence electrons. The van der Waals surface area contributed by atoms with E-state index in [1.54, 1.807) is 0 Å². The summed E-state index contributed by atoms with van der Waals surface area (Å²) in [7, 11) is -1.86. The molecule has 0 aliphatic rings. The predicted octanol–water partition coefficient (Wildman–Crippen LogP) is 0.274. The van der Waals surface area contributed by atoms with Crippen LogP contribution >= 0.6 is 0 Å². The maximum absolute atomic E-state index is 12.8. The topological polar surface area (TPSA) is 71.2 Å². The number of pyridine rings is 1. The molecule has 9 heteroatoms. The molecule has 0 unspecified atom stereocenters. The first-order valence-electron chi connectivity index (χ1n) is 5.26. The fraction of sp³-hybridized carbons (Fsp3) is 0.200. The quantitative estimate of drug-likeness (QED) is 0.769. The van der Waals surface area contributed by atoms with Crippen molar-refractivity contribution in [3.05, 3.63) is 35.7 Å². The van der Waals surface area contributed by atoms with E-state index >= 15 is 0 Å². The summed E-state index contributed by atoms with van der Waals surface area (Å²) in [6.45, 7) is 1.43. The number of hydrogen-bond donors (Lipinski definition) is 2. The zero-order valence-corrected chi connectivity index (χ0v) is 9.76. The van der Waals surface area contributed by atoms with Gasteiger partial charge in [-0.15, -0.1) is 0 Å². The fourth-order valence-electron chi connectivity index (χ4n) is 1.58. The van der Waals surface area contributed by atoms with Crippen LogP contribution in [-0.2, 0) is 6.18 Å². The summed E-state index contributed by atoms with van der Waals surface area (Å²) in [6.07, 6.45) is -4.57. The molecule has 0 saturated heterocycles. The molecule has 0 fully saturated rings. The zero-order chi connectivity index (χ0) is 14.2. The summed E-state index contributed by atoms with van der Waals surface area (Å²) in [6, 6.07) is 4.85. The van der Waals surface area contributed by atoms with E-state index in [1.165, 1.54) is 25.1 Å². The van der Waals surface area contributed by atoms with Crippen LogP contribution in [0.2, 0.25) is 0 Å². The molecule has 0 aliphatic heterocycles. The van der Waals surface area contributed by atoms with E-state index in [9.17, 15) is 13.2 Å². The minimum atomic E-state index is -4.57. The molecule has 2 aromatic rings. The number of aromatic nitrogens is 3. The van der Waals surface area contributed by atoms with Crippen LogP contribution in [0.3, 0.4) is 0 Å². The van der Waals surface area contributed by atoms with Gasteiger partial charge in [0.25, 0.3) is 0 Å². The van der Waals surface area contributed by atoms with Crippen LogP contribution in [0, 0.1) is 6.92 Å². The van der Waals surface area contributed by atoms with Gasteiger partial charge in [-0.3, -0.25) is 0 Å². The molecule has 2 aromatic heterocycles. The fourth-order valence-corrected chi connectivity index (χ4v) is 1.58. The highest BCUT2D eigenvalue weighted by Crippen LogP contribution is 2.30. The van der Waals surface area contributed by atoms with Crippen molar-refractivity contribution >= 4 is 12.7 Å². The van der Waals surface area contributed by atoms with Gasteiger partial charge in [-0.05, 0) is 25.1 Å². The van der Waals surface area contributed by atoms with Gasteiger partial charge in [0, 0.05) is 0 Å². The van der Waals surface area contributed by atoms with Crippen LogP contribution < -0.4 is 5.59 Å². The van der Waals surface area contributed by atoms with Crippen molar-refractivity contribution in [2.24, 2.45) is 0 Å². The first-order valence-corrected chi connectivity index (χ1v) is 5.26. The lowest BCUT2D eigenvalue weighted by molar-refractivity contribution is -0.142. The zero-order valence-electron chi connectivity index (χ0n) is 9.76. The van der Waals surface area contributed by atoms with Gasteiger partial charge in [-0.1, -0.05) is 6.07 Å². The second-order valence-electron chi connectivity index (χ2n) is 3.87. The van der Waals surface area contributed by atoms with Gasteiger partial charge in [0.05, 0.1) is 11.3 Å². The molecular formula is C10H9BF3N3O2. The van der Waals surface area contributed by atoms with Crippen molar-refractivity contribution in [1.29, 1.82) is 0 Å². The van der Waals surface area contributed by atoms with Crippen molar-refractivity contribution in [1.82, 2.24) is 14.8 Å². The van der Waals surface area contributed by atoms with E-state index in [-0.39, 0.29) is 17.1 Å². The number of rotatable bonds is 2. The standard InChI is InChI=1S/C10H9BF3N3O2/c1-6-5-7(10(12,13)14)17(16-6)9-4-2-3-8(15-9)11(18)19/h2-5,18-19H,1H3. The first kappa shape index (κ1) is 13.6. The Hall–Kier alpha value is -1.87. The van der Waals surface area contributed by atoms with Crippen LogP contribution in [0.25, 0.3) is 5.82 Å². The first-order chi connectivity index (χ1) is 8.79. The van der Waals surface area contributed by atoms with Gasteiger partial charge in [0.15, 0.2) is 5.82 Å². The number of alkyl halides is 3. The minimum absolute atomic E-state index is 0.133. The maximum atomic E-state index is 12.8. The summed E-state index contributed by atoms with van der Waals surface area (Å²) in [5.41, 5.74) is -0.940. The van der Waals surface area contributed by atoms with Crippen LogP contribution in [0.1, 0.15) is 11.4 Å². The van der Waals surface area contributed by atoms with Crippen molar-refractivity contribution < 1.29 is 23.2 Å². The lowest BCUT2D eigenvalue weighted by atomic mass is 9.86. The van der Waals surface area contributed by atoms with Crippen molar-refractivity contribution in [2.45, 2.75) is 13.1 Å². The highest BCUT2D eigenvalue weighted by atomic mass is 19.4. The Morgan fingerprint density at radius 3 is 2.53 bits per heavy atom. The summed E-state index contributed by atoms with van der Waals surface area (Å²) in [5.74, 6) is -0.133. The summed E-state index contributed by atoms with van der Waals surface area (Å²) < 4.78 is 39.1. The number of aryl methyl sites for hydroxylation is 1. The third kappa shape index (κ3) is 2.77. The third-order valence-corrected chi connectivity index (χ3v) is 2.36. The van der Waals surface area contributed by atoms with Crippen LogP contribution in [0.5, 0.6) is 0 Å². The highest BCUT2D eigenvalue weighted by Gasteiger charge is 2.36. The molecule has 0 aromatic carbocycles. The molecule has 5 nitrogen and oxygen atoms in total. The molecule has 0 bridgehead atoms. The van der Waals surface area contributed by atoms with Crippen molar-refractivity contribution in [2.75, 3.05) is 0 Å². The van der Waals surface area contributed by atoms with Gasteiger partial charge < -0.3 is 10.0 Å². The second kappa shape index (κ2) is 4.67. The molecule has 0 atom stereocenters. The van der Waals surface area contributed by atoms with E-state index in [4.69, 9.17) is 10.0 Å². The lowest BCUT2D eigenvalue weighted by Crippen LogP contribution is -2.33. The molecule has 0 aliphatic carbocycles. The second-order valence-corrected chi connectivity index (χ2v) is 3.87. The SMILES string of the molecule is Cc1cc(C(F)(F)F)n(-c2cccc(B(O)O)n2)n1. The average Bonchev–Trinajstić information content (AvgIpc) is 2.71. The monoisotopic (exact) mass is 271 g/mol. The van der Waals surface area contributed by atoms with Gasteiger partial charge in [-0.2, -0.15) is 18.3 Å². The highest BCUT2D eigenvalue weighted by molar-refractivity contribution is 6.57. The number of nitrogens with zero attached hydrogens (tertiary/aromatic N) is 3. The molecule has 2 N–H and O–H groups in total. The van der Waals surface area contributed by atoms with Crippen molar-refractivity contribution in [3.8, 4) is 5.82 Å². The van der Waals surface area contributed by atoms with E-state index < -0.39 is 19.0 Å². The van der Waals surface area contributed by atoms with E-state index in [0.29, 0.717) is 4.68 Å². The van der Waals surface area contributed by atoms with Gasteiger partial charge in [0.2, 0.25) is 0 Å². The van der Waals surface area contributed by atoms with E-state index in [2.05, 4.69) is 10.1 Å². The summed E-state index contributed by atoms with van der Waals surface area (Å²) in [4.78, 5) is 3.73. The molecular weight excluding hydrogens is 262 g/mol. The van der Waals surface area contributed by atoms with E-state index in [0.717, 1.165) is 6.07 Å². The lowest BCUT2D eigenvalue weighted by Gasteiger charge is -2.10. The van der Waals surface area contributed by atoms with Gasteiger partial charge in [0.1, 0.15) is 5.69 Å². The van der Waals surface area contributed by atoms with E-state index in [1.807, 2.05) is 0 Å². The van der Waals surface area contributed by atoms with Crippen LogP contribution in [0.4, 0.5) is 13.2 Å². The maximum Gasteiger partial charge on any atom is 0.508 e. The minimum Gasteiger partial charge on any atom is -0.422 e. The van der Waals surface area contributed by atoms with Crippen LogP contribution in [-0.4, -0.2) is 31.9 Å². The Morgan fingerprint density at radius 1 is 1.26 bits per heavy atom. The molecule has 0 saturated carbocycles. The molecule has 2 rings (SSSR count). The molecule has 2 heterocycles. The Morgan fingerprint density at radius 2 is 1.95 bits per heavy atom. The molecule has 0 spiro atoms. The Balaban J connectivity index is 2.56. The smallest absolute Gasteiger partial charge is 0.422 e. The Bertz CT molecular complexity index is 598. The Kier molecular flexibility index (Phi) is 3.33. The average molecular weight is 271 g/mol. The largest absolute Gasteiger partial charge is 0.508 e. The summed E-state index contributed by atoms with van der Waals surface area (Å²) in [5, 5.41) is 21.7. The third-order valence-electron chi connectivity index (χ3n) is 2.36. The predicted molar refractivity (Wildman–Crippen MR) is 60.9 cm³/mol. The van der Waals surface area contributed by atoms with Gasteiger partial charge >= 0.3 is 13.3 Å². The van der Waals surface area contributed by atoms with Gasteiger partial charge in [-0.25, -0.2) is 9.67 Å². The molecule has 19 heavy (non-hydrogen) atoms. The summed E-state index contributed by atoms with van der Waals surface area (Å²) >= 11 is 0. The Labute approximate surface area is 106 Å². The molecule has 0 amide bonds. The van der Waals surface area contributed by atoms with Crippen LogP contribution in [0.15, 0.2) is 24.3 Å².